The number of aromatic nitrogens is 4. The summed E-state index contributed by atoms with van der Waals surface area (Å²) in [4.78, 5) is 49.7. The molecule has 0 radical (unpaired) electrons. The zero-order valence-corrected chi connectivity index (χ0v) is 28.4. The van der Waals surface area contributed by atoms with Gasteiger partial charge in [-0.15, -0.1) is 0 Å². The Labute approximate surface area is 287 Å². The van der Waals surface area contributed by atoms with Crippen LogP contribution in [0.15, 0.2) is 35.5 Å². The van der Waals surface area contributed by atoms with Gasteiger partial charge in [-0.1, -0.05) is 0 Å². The molecule has 6 rings (SSSR count). The van der Waals surface area contributed by atoms with Crippen molar-refractivity contribution in [3.05, 3.63) is 58.1 Å². The lowest BCUT2D eigenvalue weighted by Crippen LogP contribution is -2.57. The number of nitrogens with zero attached hydrogens (tertiary/aromatic N) is 6. The maximum absolute atomic E-state index is 16.3. The molecule has 1 fully saturated rings. The lowest BCUT2D eigenvalue weighted by atomic mass is 10.00. The highest BCUT2D eigenvalue weighted by molar-refractivity contribution is 6.19. The minimum atomic E-state index is -4.66. The summed E-state index contributed by atoms with van der Waals surface area (Å²) >= 11 is 0. The van der Waals surface area contributed by atoms with Crippen molar-refractivity contribution in [2.45, 2.75) is 52.1 Å². The fourth-order valence-corrected chi connectivity index (χ4v) is 6.51. The number of carboxylic acids is 1. The van der Waals surface area contributed by atoms with Crippen LogP contribution in [0.2, 0.25) is 0 Å². The number of anilines is 2. The Morgan fingerprint density at radius 2 is 1.78 bits per heavy atom. The number of carbonyl (C=O) groups excluding carboxylic acids is 1. The molecule has 5 aromatic rings. The Kier molecular flexibility index (Phi) is 8.68. The van der Waals surface area contributed by atoms with Crippen LogP contribution in [-0.4, -0.2) is 80.8 Å². The number of ether oxygens (including phenoxy) is 1. The Balaban J connectivity index is 1.73. The van der Waals surface area contributed by atoms with E-state index in [9.17, 15) is 32.7 Å². The lowest BCUT2D eigenvalue weighted by molar-refractivity contribution is -0.155. The normalized spacial score (nSPS) is 15.6. The van der Waals surface area contributed by atoms with Crippen molar-refractivity contribution in [1.29, 1.82) is 0 Å². The molecule has 5 heterocycles. The number of hydrogen-bond donors (Lipinski definition) is 2. The van der Waals surface area contributed by atoms with Crippen LogP contribution < -0.4 is 20.5 Å². The molecule has 270 valence electrons. The van der Waals surface area contributed by atoms with Gasteiger partial charge in [-0.25, -0.2) is 28.3 Å². The number of halogens is 5. The maximum atomic E-state index is 16.3. The van der Waals surface area contributed by atoms with Crippen LogP contribution in [0.3, 0.4) is 0 Å². The zero-order valence-electron chi connectivity index (χ0n) is 28.4. The standard InChI is InChI=1S/C34H34F5N7O5/c1-7-46-27-21(44(6)32(50)51-33(2,3)4)11-20(35)25(36)23(27)24-26(45-9-8-40-22(15-45)34(37,38)39)18(13-42-30(24)46)16-10-17-28(47)19(31(48)49)14-43(5)29(17)41-12-16/h10-14,22,40H,7-9,15H2,1-6H3,(H,48,49). The van der Waals surface area contributed by atoms with E-state index in [1.165, 1.54) is 46.6 Å². The summed E-state index contributed by atoms with van der Waals surface area (Å²) in [5.74, 6) is -4.12. The Hall–Kier alpha value is -5.32. The minimum absolute atomic E-state index is 0.00499. The molecule has 1 aliphatic rings. The summed E-state index contributed by atoms with van der Waals surface area (Å²) in [5.41, 5.74) is -1.76. The van der Waals surface area contributed by atoms with E-state index in [-0.39, 0.29) is 75.1 Å². The van der Waals surface area contributed by atoms with Gasteiger partial charge in [-0.05, 0) is 33.8 Å². The van der Waals surface area contributed by atoms with Gasteiger partial charge in [0, 0.05) is 76.1 Å². The summed E-state index contributed by atoms with van der Waals surface area (Å²) in [6.45, 7) is 6.02. The number of nitrogens with one attached hydrogen (secondary N) is 1. The number of fused-ring (bicyclic) bond motifs is 4. The molecule has 51 heavy (non-hydrogen) atoms. The molecule has 4 aromatic heterocycles. The predicted octanol–water partition coefficient (Wildman–Crippen LogP) is 5.81. The van der Waals surface area contributed by atoms with Crippen LogP contribution in [0.1, 0.15) is 38.1 Å². The van der Waals surface area contributed by atoms with E-state index < -0.39 is 59.1 Å². The second-order valence-electron chi connectivity index (χ2n) is 13.3. The van der Waals surface area contributed by atoms with Crippen molar-refractivity contribution in [3.63, 3.8) is 0 Å². The number of hydrogen-bond acceptors (Lipinski definition) is 8. The topological polar surface area (TPSA) is 135 Å². The van der Waals surface area contributed by atoms with Crippen molar-refractivity contribution in [2.24, 2.45) is 7.05 Å². The molecule has 0 saturated carbocycles. The van der Waals surface area contributed by atoms with E-state index >= 15 is 8.78 Å². The van der Waals surface area contributed by atoms with Gasteiger partial charge in [-0.3, -0.25) is 9.69 Å². The second kappa shape index (κ2) is 12.5. The number of benzene rings is 1. The SMILES string of the molecule is CCn1c2ncc(-c3cnc4c(c3)c(=O)c(C(=O)O)cn4C)c(N3CCNC(C(F)(F)F)C3)c2c2c(F)c(F)cc(N(C)C(=O)OC(C)(C)C)c21. The third kappa shape index (κ3) is 6.08. The van der Waals surface area contributed by atoms with Crippen molar-refractivity contribution in [2.75, 3.05) is 36.5 Å². The molecule has 0 spiro atoms. The highest BCUT2D eigenvalue weighted by atomic mass is 19.4. The van der Waals surface area contributed by atoms with E-state index in [2.05, 4.69) is 15.3 Å². The van der Waals surface area contributed by atoms with Crippen molar-refractivity contribution in [3.8, 4) is 11.1 Å². The average molecular weight is 716 g/mol. The molecule has 0 bridgehead atoms. The van der Waals surface area contributed by atoms with Crippen molar-refractivity contribution >= 4 is 56.4 Å². The molecule has 1 saturated heterocycles. The first-order valence-electron chi connectivity index (χ1n) is 15.9. The molecular formula is C34H34F5N7O5. The molecule has 0 aliphatic carbocycles. The van der Waals surface area contributed by atoms with Crippen molar-refractivity contribution in [1.82, 2.24) is 24.4 Å². The summed E-state index contributed by atoms with van der Waals surface area (Å²) in [6.07, 6.45) is -1.72. The fraction of sp³-hybridized carbons (Fsp3) is 0.382. The van der Waals surface area contributed by atoms with E-state index in [1.54, 1.807) is 27.7 Å². The molecule has 17 heteroatoms. The number of alkyl halides is 3. The number of rotatable bonds is 5. The van der Waals surface area contributed by atoms with Crippen LogP contribution in [-0.2, 0) is 18.3 Å². The Morgan fingerprint density at radius 1 is 1.10 bits per heavy atom. The maximum Gasteiger partial charge on any atom is 0.414 e. The molecule has 1 atom stereocenters. The highest BCUT2D eigenvalue weighted by Crippen LogP contribution is 2.46. The Bertz CT molecular complexity index is 2310. The summed E-state index contributed by atoms with van der Waals surface area (Å²) in [5, 5.41) is 11.6. The van der Waals surface area contributed by atoms with Gasteiger partial charge in [0.25, 0.3) is 0 Å². The third-order valence-corrected chi connectivity index (χ3v) is 8.76. The molecular weight excluding hydrogens is 681 g/mol. The van der Waals surface area contributed by atoms with Crippen molar-refractivity contribution < 1.29 is 41.4 Å². The van der Waals surface area contributed by atoms with Gasteiger partial charge in [-0.2, -0.15) is 13.2 Å². The lowest BCUT2D eigenvalue weighted by Gasteiger charge is -2.37. The fourth-order valence-electron chi connectivity index (χ4n) is 6.51. The number of pyridine rings is 3. The van der Waals surface area contributed by atoms with Gasteiger partial charge in [0.1, 0.15) is 28.5 Å². The smallest absolute Gasteiger partial charge is 0.414 e. The van der Waals surface area contributed by atoms with Gasteiger partial charge in [0.2, 0.25) is 5.43 Å². The van der Waals surface area contributed by atoms with Crippen LogP contribution in [0.25, 0.3) is 44.1 Å². The zero-order chi connectivity index (χ0) is 37.3. The van der Waals surface area contributed by atoms with Gasteiger partial charge in [0.15, 0.2) is 11.6 Å². The van der Waals surface area contributed by atoms with Crippen LogP contribution >= 0.6 is 0 Å². The monoisotopic (exact) mass is 715 g/mol. The molecule has 12 nitrogen and oxygen atoms in total. The van der Waals surface area contributed by atoms with Gasteiger partial charge < -0.3 is 29.2 Å². The first-order chi connectivity index (χ1) is 23.8. The van der Waals surface area contributed by atoms with E-state index in [0.29, 0.717) is 0 Å². The number of amides is 1. The minimum Gasteiger partial charge on any atom is -0.477 e. The number of aromatic carboxylic acids is 1. The quantitative estimate of drug-likeness (QED) is 0.216. The highest BCUT2D eigenvalue weighted by Gasteiger charge is 2.43. The largest absolute Gasteiger partial charge is 0.477 e. The summed E-state index contributed by atoms with van der Waals surface area (Å²) < 4.78 is 82.7. The summed E-state index contributed by atoms with van der Waals surface area (Å²) in [7, 11) is 2.83. The molecule has 1 amide bonds. The number of carboxylic acid groups (broad SMARTS) is 1. The summed E-state index contributed by atoms with van der Waals surface area (Å²) in [6, 6.07) is 0.211. The van der Waals surface area contributed by atoms with E-state index in [1.807, 2.05) is 0 Å². The average Bonchev–Trinajstić information content (AvgIpc) is 3.40. The third-order valence-electron chi connectivity index (χ3n) is 8.76. The molecule has 1 unspecified atom stereocenters. The van der Waals surface area contributed by atoms with Gasteiger partial charge in [0.05, 0.1) is 33.1 Å². The predicted molar refractivity (Wildman–Crippen MR) is 180 cm³/mol. The molecule has 1 aromatic carbocycles. The second-order valence-corrected chi connectivity index (χ2v) is 13.3. The van der Waals surface area contributed by atoms with E-state index in [4.69, 9.17) is 4.74 Å². The number of piperazine rings is 1. The number of aryl methyl sites for hydroxylation is 2. The molecule has 1 aliphatic heterocycles. The van der Waals surface area contributed by atoms with Crippen LogP contribution in [0, 0.1) is 11.6 Å². The van der Waals surface area contributed by atoms with Crippen LogP contribution in [0.4, 0.5) is 38.1 Å². The first kappa shape index (κ1) is 35.5. The number of carbonyl (C=O) groups is 2. The molecule has 2 N–H and O–H groups in total. The Morgan fingerprint density at radius 3 is 2.41 bits per heavy atom. The van der Waals surface area contributed by atoms with E-state index in [0.717, 1.165) is 17.2 Å². The van der Waals surface area contributed by atoms with Crippen LogP contribution in [0.5, 0.6) is 0 Å². The van der Waals surface area contributed by atoms with Gasteiger partial charge >= 0.3 is 18.2 Å². The first-order valence-corrected chi connectivity index (χ1v) is 15.9.